The molecule has 5 rings (SSSR count). The van der Waals surface area contributed by atoms with Gasteiger partial charge in [0.1, 0.15) is 6.04 Å². The molecule has 0 bridgehead atoms. The molecular weight excluding hydrogens is 396 g/mol. The van der Waals surface area contributed by atoms with Gasteiger partial charge in [0.25, 0.3) is 11.8 Å². The maximum absolute atomic E-state index is 13.3. The molecule has 0 radical (unpaired) electrons. The van der Waals surface area contributed by atoms with E-state index in [1.165, 1.54) is 19.3 Å². The number of nitrogens with zero attached hydrogens (tertiary/aromatic N) is 1. The minimum atomic E-state index is -0.935. The summed E-state index contributed by atoms with van der Waals surface area (Å²) in [5.74, 6) is -1.84. The number of amides is 4. The normalized spacial score (nSPS) is 30.8. The second kappa shape index (κ2) is 7.84. The molecule has 1 aliphatic carbocycles. The van der Waals surface area contributed by atoms with Gasteiger partial charge in [0, 0.05) is 24.5 Å². The highest BCUT2D eigenvalue weighted by Crippen LogP contribution is 2.35. The molecule has 4 aliphatic rings. The molecule has 0 aromatic heterocycles. The van der Waals surface area contributed by atoms with Crippen LogP contribution in [0, 0.1) is 0 Å². The maximum Gasteiger partial charge on any atom is 0.262 e. The molecule has 3 heterocycles. The molecule has 1 saturated carbocycles. The van der Waals surface area contributed by atoms with Gasteiger partial charge in [0.05, 0.1) is 11.1 Å². The smallest absolute Gasteiger partial charge is 0.262 e. The highest BCUT2D eigenvalue weighted by Gasteiger charge is 2.46. The van der Waals surface area contributed by atoms with Crippen LogP contribution in [0.2, 0.25) is 0 Å². The Morgan fingerprint density at radius 2 is 1.90 bits per heavy atom. The van der Waals surface area contributed by atoms with E-state index in [2.05, 4.69) is 16.0 Å². The average molecular weight is 425 g/mol. The molecule has 4 amide bonds. The predicted octanol–water partition coefficient (Wildman–Crippen LogP) is 1.24. The van der Waals surface area contributed by atoms with Crippen LogP contribution in [0.3, 0.4) is 0 Å². The van der Waals surface area contributed by atoms with Crippen molar-refractivity contribution in [3.63, 3.8) is 0 Å². The number of piperidine rings is 1. The molecule has 31 heavy (non-hydrogen) atoms. The van der Waals surface area contributed by atoms with E-state index < -0.39 is 23.8 Å². The summed E-state index contributed by atoms with van der Waals surface area (Å²) < 4.78 is 0. The molecule has 8 nitrogen and oxygen atoms in total. The predicted molar refractivity (Wildman–Crippen MR) is 112 cm³/mol. The van der Waals surface area contributed by atoms with Crippen molar-refractivity contribution in [1.82, 2.24) is 20.9 Å². The van der Waals surface area contributed by atoms with Crippen LogP contribution in [0.5, 0.6) is 0 Å². The number of benzene rings is 1. The number of carbonyl (C=O) groups is 4. The highest BCUT2D eigenvalue weighted by atomic mass is 16.2. The van der Waals surface area contributed by atoms with Crippen molar-refractivity contribution in [2.24, 2.45) is 0 Å². The van der Waals surface area contributed by atoms with Gasteiger partial charge in [-0.05, 0) is 43.9 Å². The Morgan fingerprint density at radius 3 is 2.74 bits per heavy atom. The molecule has 3 unspecified atom stereocenters. The average Bonchev–Trinajstić information content (AvgIpc) is 3.18. The molecule has 3 aliphatic heterocycles. The molecule has 3 fully saturated rings. The van der Waals surface area contributed by atoms with Gasteiger partial charge in [-0.25, -0.2) is 0 Å². The lowest BCUT2D eigenvalue weighted by molar-refractivity contribution is -0.136. The van der Waals surface area contributed by atoms with Crippen LogP contribution >= 0.6 is 0 Å². The maximum atomic E-state index is 13.3. The molecule has 164 valence electrons. The van der Waals surface area contributed by atoms with Gasteiger partial charge >= 0.3 is 0 Å². The lowest BCUT2D eigenvalue weighted by Gasteiger charge is -2.35. The summed E-state index contributed by atoms with van der Waals surface area (Å²) >= 11 is 0. The van der Waals surface area contributed by atoms with E-state index in [1.807, 2.05) is 6.07 Å². The van der Waals surface area contributed by atoms with Crippen LogP contribution in [0.4, 0.5) is 0 Å². The third kappa shape index (κ3) is 3.38. The van der Waals surface area contributed by atoms with Crippen molar-refractivity contribution in [3.05, 3.63) is 34.9 Å². The third-order valence-corrected chi connectivity index (χ3v) is 7.43. The number of hydrogen-bond donors (Lipinski definition) is 3. The van der Waals surface area contributed by atoms with Crippen molar-refractivity contribution in [3.8, 4) is 0 Å². The van der Waals surface area contributed by atoms with Crippen LogP contribution in [-0.4, -0.2) is 52.7 Å². The van der Waals surface area contributed by atoms with Crippen LogP contribution < -0.4 is 16.0 Å². The summed E-state index contributed by atoms with van der Waals surface area (Å²) in [5, 5.41) is 9.64. The first kappa shape index (κ1) is 20.3. The minimum Gasteiger partial charge on any atom is -0.312 e. The fourth-order valence-corrected chi connectivity index (χ4v) is 5.79. The van der Waals surface area contributed by atoms with Crippen molar-refractivity contribution >= 4 is 23.6 Å². The van der Waals surface area contributed by atoms with Crippen LogP contribution in [0.15, 0.2) is 18.2 Å². The Hall–Kier alpha value is -2.58. The van der Waals surface area contributed by atoms with E-state index >= 15 is 0 Å². The van der Waals surface area contributed by atoms with E-state index in [0.29, 0.717) is 23.7 Å². The Kier molecular flexibility index (Phi) is 5.14. The summed E-state index contributed by atoms with van der Waals surface area (Å²) in [4.78, 5) is 51.2. The van der Waals surface area contributed by atoms with Crippen LogP contribution in [0.25, 0.3) is 0 Å². The first-order valence-corrected chi connectivity index (χ1v) is 11.3. The molecule has 3 N–H and O–H groups in total. The number of imide groups is 2. The third-order valence-electron chi connectivity index (χ3n) is 7.43. The largest absolute Gasteiger partial charge is 0.312 e. The van der Waals surface area contributed by atoms with Gasteiger partial charge in [0.2, 0.25) is 11.8 Å². The van der Waals surface area contributed by atoms with Crippen molar-refractivity contribution in [1.29, 1.82) is 0 Å². The lowest BCUT2D eigenvalue weighted by atomic mass is 9.85. The molecule has 0 spiro atoms. The lowest BCUT2D eigenvalue weighted by Crippen LogP contribution is -2.54. The Bertz CT molecular complexity index is 961. The molecular formula is C23H28N4O4. The van der Waals surface area contributed by atoms with Gasteiger partial charge < -0.3 is 10.6 Å². The summed E-state index contributed by atoms with van der Waals surface area (Å²) in [5.41, 5.74) is 1.54. The monoisotopic (exact) mass is 424 g/mol. The Balaban J connectivity index is 1.39. The molecule has 8 heteroatoms. The zero-order valence-electron chi connectivity index (χ0n) is 17.5. The van der Waals surface area contributed by atoms with Gasteiger partial charge in [-0.3, -0.25) is 29.4 Å². The molecule has 1 aromatic carbocycles. The highest BCUT2D eigenvalue weighted by molar-refractivity contribution is 6.24. The number of rotatable bonds is 4. The summed E-state index contributed by atoms with van der Waals surface area (Å²) in [7, 11) is 0. The Morgan fingerprint density at radius 1 is 1.03 bits per heavy atom. The molecule has 1 aromatic rings. The van der Waals surface area contributed by atoms with Crippen molar-refractivity contribution in [2.45, 2.75) is 75.5 Å². The quantitative estimate of drug-likeness (QED) is 0.628. The van der Waals surface area contributed by atoms with Crippen molar-refractivity contribution < 1.29 is 19.2 Å². The number of carbonyl (C=O) groups excluding carboxylic acids is 4. The van der Waals surface area contributed by atoms with E-state index in [0.717, 1.165) is 36.3 Å². The fraction of sp³-hybridized carbons (Fsp3) is 0.565. The molecule has 2 saturated heterocycles. The molecule has 3 atom stereocenters. The summed E-state index contributed by atoms with van der Waals surface area (Å²) in [6, 6.07) is 4.83. The zero-order valence-corrected chi connectivity index (χ0v) is 17.5. The second-order valence-electron chi connectivity index (χ2n) is 9.15. The first-order chi connectivity index (χ1) is 15.0. The number of hydrogen-bond acceptors (Lipinski definition) is 6. The SMILES string of the molecule is O=C1CCC(N2C(=O)c3cccc(CNC45CCCCCC4NCC5)c3C2=O)C(=O)N1. The first-order valence-electron chi connectivity index (χ1n) is 11.3. The number of fused-ring (bicyclic) bond motifs is 2. The van der Waals surface area contributed by atoms with E-state index in [9.17, 15) is 19.2 Å². The second-order valence-corrected chi connectivity index (χ2v) is 9.15. The van der Waals surface area contributed by atoms with Gasteiger partial charge in [-0.1, -0.05) is 31.4 Å². The van der Waals surface area contributed by atoms with E-state index in [4.69, 9.17) is 0 Å². The fourth-order valence-electron chi connectivity index (χ4n) is 5.79. The van der Waals surface area contributed by atoms with Crippen LogP contribution in [-0.2, 0) is 16.1 Å². The topological polar surface area (TPSA) is 108 Å². The van der Waals surface area contributed by atoms with Gasteiger partial charge in [-0.2, -0.15) is 0 Å². The summed E-state index contributed by atoms with van der Waals surface area (Å²) in [6.07, 6.45) is 7.28. The Labute approximate surface area is 181 Å². The van der Waals surface area contributed by atoms with E-state index in [1.54, 1.807) is 12.1 Å². The van der Waals surface area contributed by atoms with Gasteiger partial charge in [-0.15, -0.1) is 0 Å². The van der Waals surface area contributed by atoms with Gasteiger partial charge in [0.15, 0.2) is 0 Å². The summed E-state index contributed by atoms with van der Waals surface area (Å²) in [6.45, 7) is 1.49. The van der Waals surface area contributed by atoms with Crippen molar-refractivity contribution in [2.75, 3.05) is 6.54 Å². The minimum absolute atomic E-state index is 0.0220. The standard InChI is InChI=1S/C23H28N4O4/c28-18-9-8-16(20(29)26-18)27-21(30)15-6-4-5-14(19(15)22(27)31)13-25-23-10-3-1-2-7-17(23)24-12-11-23/h4-6,16-17,24-25H,1-3,7-13H2,(H,26,28,29). The van der Waals surface area contributed by atoms with Crippen LogP contribution in [0.1, 0.15) is 77.6 Å². The number of nitrogens with one attached hydrogen (secondary N) is 3. The zero-order chi connectivity index (χ0) is 21.6. The van der Waals surface area contributed by atoms with E-state index in [-0.39, 0.29) is 24.3 Å².